The molecular formula is C13H20N2S. The summed E-state index contributed by atoms with van der Waals surface area (Å²) >= 11 is 1.79. The molecule has 1 heterocycles. The molecule has 1 saturated heterocycles. The highest BCUT2D eigenvalue weighted by Crippen LogP contribution is 2.23. The molecule has 2 atom stereocenters. The first kappa shape index (κ1) is 11.8. The monoisotopic (exact) mass is 236 g/mol. The fourth-order valence-electron chi connectivity index (χ4n) is 2.25. The lowest BCUT2D eigenvalue weighted by Gasteiger charge is -2.14. The molecule has 2 unspecified atom stereocenters. The summed E-state index contributed by atoms with van der Waals surface area (Å²) in [6, 6.07) is 9.95. The van der Waals surface area contributed by atoms with Crippen LogP contribution in [-0.2, 0) is 0 Å². The Morgan fingerprint density at radius 1 is 1.44 bits per heavy atom. The van der Waals surface area contributed by atoms with Gasteiger partial charge in [-0.15, -0.1) is 11.8 Å². The second-order valence-corrected chi connectivity index (χ2v) is 5.48. The van der Waals surface area contributed by atoms with Gasteiger partial charge in [0.15, 0.2) is 0 Å². The Bertz CT molecular complexity index is 344. The third-order valence-corrected chi connectivity index (χ3v) is 4.05. The van der Waals surface area contributed by atoms with E-state index in [1.807, 2.05) is 0 Å². The van der Waals surface area contributed by atoms with Crippen LogP contribution in [0.25, 0.3) is 0 Å². The molecule has 1 aliphatic rings. The second kappa shape index (κ2) is 5.11. The molecule has 16 heavy (non-hydrogen) atoms. The number of hydrogen-bond acceptors (Lipinski definition) is 3. The van der Waals surface area contributed by atoms with Crippen molar-refractivity contribution in [3.8, 4) is 0 Å². The molecule has 1 fully saturated rings. The Morgan fingerprint density at radius 3 is 2.88 bits per heavy atom. The Balaban J connectivity index is 1.99. The Labute approximate surface area is 102 Å². The van der Waals surface area contributed by atoms with Crippen molar-refractivity contribution in [1.82, 2.24) is 4.90 Å². The third-order valence-electron chi connectivity index (χ3n) is 3.33. The summed E-state index contributed by atoms with van der Waals surface area (Å²) in [5, 5.41) is 3.62. The molecule has 2 rings (SSSR count). The summed E-state index contributed by atoms with van der Waals surface area (Å²) in [6.45, 7) is 3.44. The van der Waals surface area contributed by atoms with Crippen molar-refractivity contribution in [3.63, 3.8) is 0 Å². The molecule has 3 heteroatoms. The van der Waals surface area contributed by atoms with Crippen molar-refractivity contribution in [2.24, 2.45) is 0 Å². The van der Waals surface area contributed by atoms with Gasteiger partial charge in [-0.25, -0.2) is 0 Å². The average Bonchev–Trinajstić information content (AvgIpc) is 2.58. The van der Waals surface area contributed by atoms with Crippen LogP contribution in [0, 0.1) is 0 Å². The first-order valence-corrected chi connectivity index (χ1v) is 7.02. The minimum atomic E-state index is 0.595. The van der Waals surface area contributed by atoms with E-state index in [0.29, 0.717) is 12.1 Å². The lowest BCUT2D eigenvalue weighted by atomic mass is 10.2. The number of nitrogens with one attached hydrogen (secondary N) is 1. The smallest absolute Gasteiger partial charge is 0.0403 e. The molecule has 2 nitrogen and oxygen atoms in total. The van der Waals surface area contributed by atoms with E-state index in [1.54, 1.807) is 11.8 Å². The molecule has 1 N–H and O–H groups in total. The van der Waals surface area contributed by atoms with Crippen LogP contribution in [0.1, 0.15) is 13.3 Å². The maximum absolute atomic E-state index is 3.62. The summed E-state index contributed by atoms with van der Waals surface area (Å²) in [7, 11) is 2.20. The maximum Gasteiger partial charge on any atom is 0.0403 e. The first-order valence-electron chi connectivity index (χ1n) is 5.80. The van der Waals surface area contributed by atoms with Crippen molar-refractivity contribution < 1.29 is 0 Å². The van der Waals surface area contributed by atoms with Crippen LogP contribution < -0.4 is 5.32 Å². The van der Waals surface area contributed by atoms with Gasteiger partial charge in [0, 0.05) is 29.2 Å². The second-order valence-electron chi connectivity index (χ2n) is 4.60. The van der Waals surface area contributed by atoms with Crippen molar-refractivity contribution >= 4 is 17.4 Å². The third kappa shape index (κ3) is 2.71. The van der Waals surface area contributed by atoms with Crippen molar-refractivity contribution in [2.45, 2.75) is 30.3 Å². The van der Waals surface area contributed by atoms with Crippen LogP contribution in [-0.4, -0.2) is 36.8 Å². The standard InChI is InChI=1S/C13H20N2S/c1-10-7-12(9-15(10)2)14-11-5-4-6-13(8-11)16-3/h4-6,8,10,12,14H,7,9H2,1-3H3. The zero-order valence-electron chi connectivity index (χ0n) is 10.2. The quantitative estimate of drug-likeness (QED) is 0.812. The minimum Gasteiger partial charge on any atom is -0.381 e. The van der Waals surface area contributed by atoms with Gasteiger partial charge in [0.1, 0.15) is 0 Å². The molecule has 0 spiro atoms. The maximum atomic E-state index is 3.62. The molecule has 0 aromatic heterocycles. The molecule has 0 bridgehead atoms. The van der Waals surface area contributed by atoms with E-state index < -0.39 is 0 Å². The summed E-state index contributed by atoms with van der Waals surface area (Å²) < 4.78 is 0. The number of benzene rings is 1. The summed E-state index contributed by atoms with van der Waals surface area (Å²) in [6.07, 6.45) is 3.35. The summed E-state index contributed by atoms with van der Waals surface area (Å²) in [4.78, 5) is 3.74. The lowest BCUT2D eigenvalue weighted by Crippen LogP contribution is -2.24. The lowest BCUT2D eigenvalue weighted by molar-refractivity contribution is 0.330. The number of anilines is 1. The van der Waals surface area contributed by atoms with E-state index in [9.17, 15) is 0 Å². The molecule has 88 valence electrons. The highest BCUT2D eigenvalue weighted by molar-refractivity contribution is 7.98. The fraction of sp³-hybridized carbons (Fsp3) is 0.538. The molecule has 1 aliphatic heterocycles. The number of hydrogen-bond donors (Lipinski definition) is 1. The van der Waals surface area contributed by atoms with Crippen LogP contribution in [0.3, 0.4) is 0 Å². The highest BCUT2D eigenvalue weighted by Gasteiger charge is 2.25. The van der Waals surface area contributed by atoms with Gasteiger partial charge >= 0.3 is 0 Å². The SMILES string of the molecule is CSc1cccc(NC2CC(C)N(C)C2)c1. The Morgan fingerprint density at radius 2 is 2.25 bits per heavy atom. The van der Waals surface area contributed by atoms with E-state index in [4.69, 9.17) is 0 Å². The molecule has 1 aromatic carbocycles. The zero-order valence-corrected chi connectivity index (χ0v) is 11.1. The van der Waals surface area contributed by atoms with E-state index >= 15 is 0 Å². The fourth-order valence-corrected chi connectivity index (χ4v) is 2.71. The predicted octanol–water partition coefficient (Wildman–Crippen LogP) is 2.91. The molecule has 0 saturated carbocycles. The molecular weight excluding hydrogens is 216 g/mol. The van der Waals surface area contributed by atoms with Gasteiger partial charge in [-0.1, -0.05) is 6.07 Å². The topological polar surface area (TPSA) is 15.3 Å². The van der Waals surface area contributed by atoms with Crippen molar-refractivity contribution in [2.75, 3.05) is 25.2 Å². The molecule has 0 radical (unpaired) electrons. The molecule has 1 aromatic rings. The van der Waals surface area contributed by atoms with Crippen LogP contribution >= 0.6 is 11.8 Å². The van der Waals surface area contributed by atoms with Crippen LogP contribution in [0.2, 0.25) is 0 Å². The van der Waals surface area contributed by atoms with E-state index in [-0.39, 0.29) is 0 Å². The van der Waals surface area contributed by atoms with Gasteiger partial charge in [0.2, 0.25) is 0 Å². The number of nitrogens with zero attached hydrogens (tertiary/aromatic N) is 1. The normalized spacial score (nSPS) is 25.9. The van der Waals surface area contributed by atoms with Crippen LogP contribution in [0.5, 0.6) is 0 Å². The van der Waals surface area contributed by atoms with Gasteiger partial charge in [-0.05, 0) is 44.8 Å². The number of thioether (sulfide) groups is 1. The van der Waals surface area contributed by atoms with Gasteiger partial charge < -0.3 is 10.2 Å². The van der Waals surface area contributed by atoms with E-state index in [2.05, 4.69) is 54.7 Å². The minimum absolute atomic E-state index is 0.595. The molecule has 0 amide bonds. The Kier molecular flexibility index (Phi) is 3.77. The average molecular weight is 236 g/mol. The van der Waals surface area contributed by atoms with Crippen molar-refractivity contribution in [1.29, 1.82) is 0 Å². The largest absolute Gasteiger partial charge is 0.381 e. The van der Waals surface area contributed by atoms with Crippen LogP contribution in [0.4, 0.5) is 5.69 Å². The summed E-state index contributed by atoms with van der Waals surface area (Å²) in [5.41, 5.74) is 1.25. The zero-order chi connectivity index (χ0) is 11.5. The van der Waals surface area contributed by atoms with Gasteiger partial charge in [0.05, 0.1) is 0 Å². The van der Waals surface area contributed by atoms with Crippen LogP contribution in [0.15, 0.2) is 29.2 Å². The summed E-state index contributed by atoms with van der Waals surface area (Å²) in [5.74, 6) is 0. The van der Waals surface area contributed by atoms with E-state index in [0.717, 1.165) is 6.54 Å². The first-order chi connectivity index (χ1) is 7.69. The van der Waals surface area contributed by atoms with Gasteiger partial charge in [-0.2, -0.15) is 0 Å². The van der Waals surface area contributed by atoms with E-state index in [1.165, 1.54) is 17.0 Å². The molecule has 0 aliphatic carbocycles. The van der Waals surface area contributed by atoms with Gasteiger partial charge in [0.25, 0.3) is 0 Å². The Hall–Kier alpha value is -0.670. The highest BCUT2D eigenvalue weighted by atomic mass is 32.2. The number of likely N-dealkylation sites (tertiary alicyclic amines) is 1. The van der Waals surface area contributed by atoms with Gasteiger partial charge in [-0.3, -0.25) is 0 Å². The number of rotatable bonds is 3. The predicted molar refractivity (Wildman–Crippen MR) is 72.3 cm³/mol. The number of likely N-dealkylation sites (N-methyl/N-ethyl adjacent to an activating group) is 1. The van der Waals surface area contributed by atoms with Crippen molar-refractivity contribution in [3.05, 3.63) is 24.3 Å².